The van der Waals surface area contributed by atoms with Crippen LogP contribution in [0.5, 0.6) is 0 Å². The molecular weight excluding hydrogens is 250 g/mol. The van der Waals surface area contributed by atoms with Crippen molar-refractivity contribution in [2.24, 2.45) is 7.05 Å². The molecule has 3 aromatic rings. The summed E-state index contributed by atoms with van der Waals surface area (Å²) in [6, 6.07) is 7.74. The largest absolute Gasteiger partial charge is 0.380 e. The monoisotopic (exact) mass is 261 g/mol. The maximum absolute atomic E-state index is 10.3. The third-order valence-electron chi connectivity index (χ3n) is 3.11. The van der Waals surface area contributed by atoms with Crippen LogP contribution in [0.3, 0.4) is 0 Å². The third kappa shape index (κ3) is 1.70. The Balaban J connectivity index is 2.05. The molecule has 0 spiro atoms. The molecule has 1 aromatic carbocycles. The number of nitrogens with zero attached hydrogens (tertiary/aromatic N) is 2. The lowest BCUT2D eigenvalue weighted by atomic mass is 10.1. The second kappa shape index (κ2) is 4.15. The lowest BCUT2D eigenvalue weighted by Crippen LogP contribution is -2.07. The summed E-state index contributed by atoms with van der Waals surface area (Å²) in [6.45, 7) is 0. The topological polar surface area (TPSA) is 53.8 Å². The highest BCUT2D eigenvalue weighted by Gasteiger charge is 2.17. The first-order valence-corrected chi connectivity index (χ1v) is 5.97. The zero-order valence-corrected chi connectivity index (χ0v) is 10.5. The summed E-state index contributed by atoms with van der Waals surface area (Å²) in [5, 5.41) is 11.9. The number of imidazole rings is 1. The van der Waals surface area contributed by atoms with Crippen LogP contribution in [0.4, 0.5) is 0 Å². The first-order valence-electron chi connectivity index (χ1n) is 5.59. The summed E-state index contributed by atoms with van der Waals surface area (Å²) in [5.74, 6) is 0.537. The number of aliphatic hydroxyl groups is 1. The van der Waals surface area contributed by atoms with E-state index < -0.39 is 6.10 Å². The summed E-state index contributed by atoms with van der Waals surface area (Å²) in [7, 11) is 1.78. The van der Waals surface area contributed by atoms with E-state index in [2.05, 4.69) is 9.97 Å². The van der Waals surface area contributed by atoms with Crippen molar-refractivity contribution in [3.63, 3.8) is 0 Å². The fourth-order valence-electron chi connectivity index (χ4n) is 2.05. The Hall–Kier alpha value is -1.78. The first-order chi connectivity index (χ1) is 8.66. The van der Waals surface area contributed by atoms with E-state index in [1.54, 1.807) is 11.6 Å². The quantitative estimate of drug-likeness (QED) is 0.745. The number of H-pyrrole nitrogens is 1. The van der Waals surface area contributed by atoms with Crippen LogP contribution in [-0.4, -0.2) is 19.6 Å². The maximum atomic E-state index is 10.3. The summed E-state index contributed by atoms with van der Waals surface area (Å²) < 4.78 is 1.67. The smallest absolute Gasteiger partial charge is 0.143 e. The normalized spacial score (nSPS) is 13.1. The second-order valence-electron chi connectivity index (χ2n) is 4.23. The number of aliphatic hydroxyl groups excluding tert-OH is 1. The van der Waals surface area contributed by atoms with Gasteiger partial charge in [0.2, 0.25) is 0 Å². The summed E-state index contributed by atoms with van der Waals surface area (Å²) in [4.78, 5) is 7.25. The lowest BCUT2D eigenvalue weighted by Gasteiger charge is -2.11. The van der Waals surface area contributed by atoms with Crippen molar-refractivity contribution in [1.29, 1.82) is 0 Å². The van der Waals surface area contributed by atoms with Gasteiger partial charge in [0.25, 0.3) is 0 Å². The highest BCUT2D eigenvalue weighted by molar-refractivity contribution is 6.29. The van der Waals surface area contributed by atoms with Crippen LogP contribution in [0.15, 0.2) is 36.7 Å². The Morgan fingerprint density at radius 3 is 2.94 bits per heavy atom. The van der Waals surface area contributed by atoms with Crippen molar-refractivity contribution >= 4 is 22.5 Å². The predicted octanol–water partition coefficient (Wildman–Crippen LogP) is 2.64. The Morgan fingerprint density at radius 2 is 2.22 bits per heavy atom. The Labute approximate surface area is 109 Å². The van der Waals surface area contributed by atoms with Gasteiger partial charge in [-0.05, 0) is 29.1 Å². The van der Waals surface area contributed by atoms with Gasteiger partial charge in [0.05, 0.1) is 6.20 Å². The maximum Gasteiger partial charge on any atom is 0.143 e. The number of aromatic nitrogens is 3. The fraction of sp³-hybridized carbons (Fsp3) is 0.154. The van der Waals surface area contributed by atoms with Gasteiger partial charge >= 0.3 is 0 Å². The minimum Gasteiger partial charge on any atom is -0.380 e. The standard InChI is InChI=1S/C13H12ClN3O/c1-17-11(14)7-16-13(17)12(18)9-2-3-10-8(6-9)4-5-15-10/h2-7,12,15,18H,1H3. The molecule has 2 heterocycles. The highest BCUT2D eigenvalue weighted by atomic mass is 35.5. The highest BCUT2D eigenvalue weighted by Crippen LogP contribution is 2.25. The molecule has 5 heteroatoms. The van der Waals surface area contributed by atoms with Gasteiger partial charge in [0.1, 0.15) is 17.1 Å². The van der Waals surface area contributed by atoms with Crippen molar-refractivity contribution in [1.82, 2.24) is 14.5 Å². The van der Waals surface area contributed by atoms with Gasteiger partial charge < -0.3 is 14.7 Å². The van der Waals surface area contributed by atoms with Gasteiger partial charge in [-0.1, -0.05) is 17.7 Å². The molecule has 0 aliphatic heterocycles. The summed E-state index contributed by atoms with van der Waals surface area (Å²) >= 11 is 5.92. The first kappa shape index (κ1) is 11.3. The number of fused-ring (bicyclic) bond motifs is 1. The van der Waals surface area contributed by atoms with E-state index in [0.717, 1.165) is 16.5 Å². The number of rotatable bonds is 2. The SMILES string of the molecule is Cn1c(Cl)cnc1C(O)c1ccc2[nH]ccc2c1. The molecule has 92 valence electrons. The number of aromatic amines is 1. The van der Waals surface area contributed by atoms with Crippen molar-refractivity contribution in [3.8, 4) is 0 Å². The van der Waals surface area contributed by atoms with Crippen molar-refractivity contribution in [2.45, 2.75) is 6.10 Å². The van der Waals surface area contributed by atoms with Crippen LogP contribution in [-0.2, 0) is 7.05 Å². The minimum atomic E-state index is -0.776. The zero-order valence-electron chi connectivity index (χ0n) is 9.76. The van der Waals surface area contributed by atoms with Crippen LogP contribution >= 0.6 is 11.6 Å². The molecule has 0 fully saturated rings. The molecule has 0 saturated carbocycles. The molecule has 2 aromatic heterocycles. The van der Waals surface area contributed by atoms with Gasteiger partial charge in [0, 0.05) is 18.8 Å². The van der Waals surface area contributed by atoms with E-state index in [0.29, 0.717) is 11.0 Å². The van der Waals surface area contributed by atoms with Crippen LogP contribution in [0.2, 0.25) is 5.15 Å². The van der Waals surface area contributed by atoms with Gasteiger partial charge in [0.15, 0.2) is 0 Å². The fourth-order valence-corrected chi connectivity index (χ4v) is 2.18. The average molecular weight is 262 g/mol. The van der Waals surface area contributed by atoms with Gasteiger partial charge in [-0.15, -0.1) is 0 Å². The Morgan fingerprint density at radius 1 is 1.39 bits per heavy atom. The van der Waals surface area contributed by atoms with E-state index >= 15 is 0 Å². The molecule has 4 nitrogen and oxygen atoms in total. The van der Waals surface area contributed by atoms with Crippen LogP contribution in [0, 0.1) is 0 Å². The molecule has 2 N–H and O–H groups in total. The molecule has 18 heavy (non-hydrogen) atoms. The molecule has 3 rings (SSSR count). The molecule has 0 saturated heterocycles. The number of hydrogen-bond donors (Lipinski definition) is 2. The Kier molecular flexibility index (Phi) is 2.61. The number of hydrogen-bond acceptors (Lipinski definition) is 2. The van der Waals surface area contributed by atoms with Crippen molar-refractivity contribution in [2.75, 3.05) is 0 Å². The molecule has 1 unspecified atom stereocenters. The van der Waals surface area contributed by atoms with E-state index in [1.807, 2.05) is 30.5 Å². The molecule has 1 atom stereocenters. The van der Waals surface area contributed by atoms with Crippen LogP contribution in [0.1, 0.15) is 17.5 Å². The minimum absolute atomic E-state index is 0.506. The summed E-state index contributed by atoms with van der Waals surface area (Å²) in [5.41, 5.74) is 1.84. The van der Waals surface area contributed by atoms with Crippen molar-refractivity contribution in [3.05, 3.63) is 53.2 Å². The second-order valence-corrected chi connectivity index (χ2v) is 4.61. The van der Waals surface area contributed by atoms with Crippen molar-refractivity contribution < 1.29 is 5.11 Å². The Bertz CT molecular complexity index is 701. The van der Waals surface area contributed by atoms with Crippen LogP contribution < -0.4 is 0 Å². The lowest BCUT2D eigenvalue weighted by molar-refractivity contribution is 0.206. The molecule has 0 amide bonds. The number of benzene rings is 1. The van der Waals surface area contributed by atoms with Gasteiger partial charge in [-0.25, -0.2) is 4.98 Å². The molecule has 0 aliphatic carbocycles. The number of halogens is 1. The predicted molar refractivity (Wildman–Crippen MR) is 70.6 cm³/mol. The molecule has 0 radical (unpaired) electrons. The summed E-state index contributed by atoms with van der Waals surface area (Å²) in [6.07, 6.45) is 2.63. The van der Waals surface area contributed by atoms with E-state index in [4.69, 9.17) is 11.6 Å². The van der Waals surface area contributed by atoms with Gasteiger partial charge in [-0.2, -0.15) is 0 Å². The zero-order chi connectivity index (χ0) is 12.7. The van der Waals surface area contributed by atoms with Gasteiger partial charge in [-0.3, -0.25) is 0 Å². The van der Waals surface area contributed by atoms with E-state index in [-0.39, 0.29) is 0 Å². The molecule has 0 bridgehead atoms. The number of nitrogens with one attached hydrogen (secondary N) is 1. The van der Waals surface area contributed by atoms with E-state index in [1.165, 1.54) is 6.20 Å². The molecule has 0 aliphatic rings. The van der Waals surface area contributed by atoms with Crippen LogP contribution in [0.25, 0.3) is 10.9 Å². The average Bonchev–Trinajstić information content (AvgIpc) is 2.96. The molecular formula is C13H12ClN3O. The third-order valence-corrected chi connectivity index (χ3v) is 3.46. The van der Waals surface area contributed by atoms with E-state index in [9.17, 15) is 5.11 Å².